The zero-order chi connectivity index (χ0) is 12.3. The molecule has 0 aromatic heterocycles. The predicted octanol–water partition coefficient (Wildman–Crippen LogP) is 2.78. The molecule has 1 aromatic carbocycles. The molecule has 0 aliphatic heterocycles. The third kappa shape index (κ3) is 3.81. The highest BCUT2D eigenvalue weighted by Crippen LogP contribution is 2.18. The number of hydrogen-bond donors (Lipinski definition) is 1. The van der Waals surface area contributed by atoms with E-state index in [2.05, 4.69) is 26.1 Å². The van der Waals surface area contributed by atoms with Gasteiger partial charge < -0.3 is 10.2 Å². The molecule has 1 N–H and O–H groups in total. The Labute approximate surface area is 97.5 Å². The molecule has 0 heterocycles. The average molecular weight is 224 g/mol. The van der Waals surface area contributed by atoms with Crippen LogP contribution in [0.2, 0.25) is 0 Å². The summed E-state index contributed by atoms with van der Waals surface area (Å²) in [5.74, 6) is -0.168. The van der Waals surface area contributed by atoms with Crippen molar-refractivity contribution in [2.75, 3.05) is 19.0 Å². The smallest absolute Gasteiger partial charge is 0.146 e. The van der Waals surface area contributed by atoms with Crippen molar-refractivity contribution in [1.29, 1.82) is 0 Å². The number of rotatable bonds is 3. The Bertz CT molecular complexity index is 353. The maximum Gasteiger partial charge on any atom is 0.146 e. The Morgan fingerprint density at radius 1 is 1.25 bits per heavy atom. The molecule has 3 heteroatoms. The maximum atomic E-state index is 13.7. The minimum atomic E-state index is -0.168. The van der Waals surface area contributed by atoms with E-state index in [0.717, 1.165) is 5.56 Å². The molecular weight excluding hydrogens is 203 g/mol. The monoisotopic (exact) mass is 224 g/mol. The van der Waals surface area contributed by atoms with Crippen LogP contribution in [0.15, 0.2) is 18.2 Å². The largest absolute Gasteiger partial charge is 0.375 e. The zero-order valence-corrected chi connectivity index (χ0v) is 10.8. The molecule has 0 atom stereocenters. The van der Waals surface area contributed by atoms with E-state index in [4.69, 9.17) is 0 Å². The van der Waals surface area contributed by atoms with Crippen molar-refractivity contribution in [2.24, 2.45) is 0 Å². The van der Waals surface area contributed by atoms with E-state index in [9.17, 15) is 4.39 Å². The van der Waals surface area contributed by atoms with Crippen molar-refractivity contribution in [1.82, 2.24) is 5.32 Å². The van der Waals surface area contributed by atoms with Crippen LogP contribution in [0.3, 0.4) is 0 Å². The van der Waals surface area contributed by atoms with Crippen molar-refractivity contribution < 1.29 is 4.39 Å². The van der Waals surface area contributed by atoms with E-state index in [-0.39, 0.29) is 11.4 Å². The molecule has 0 radical (unpaired) electrons. The van der Waals surface area contributed by atoms with Gasteiger partial charge in [-0.15, -0.1) is 0 Å². The molecule has 0 saturated carbocycles. The Balaban J connectivity index is 2.74. The number of nitrogens with zero attached hydrogens (tertiary/aromatic N) is 1. The van der Waals surface area contributed by atoms with Crippen LogP contribution in [0, 0.1) is 5.82 Å². The molecule has 0 amide bonds. The Morgan fingerprint density at radius 2 is 1.88 bits per heavy atom. The van der Waals surface area contributed by atoms with Gasteiger partial charge in [-0.2, -0.15) is 0 Å². The quantitative estimate of drug-likeness (QED) is 0.849. The van der Waals surface area contributed by atoms with Gasteiger partial charge in [-0.3, -0.25) is 0 Å². The summed E-state index contributed by atoms with van der Waals surface area (Å²) >= 11 is 0. The van der Waals surface area contributed by atoms with Crippen molar-refractivity contribution in [3.05, 3.63) is 29.6 Å². The van der Waals surface area contributed by atoms with Gasteiger partial charge in [0.1, 0.15) is 5.82 Å². The molecule has 1 aromatic rings. The number of nitrogens with one attached hydrogen (secondary N) is 1. The summed E-state index contributed by atoms with van der Waals surface area (Å²) in [4.78, 5) is 1.77. The van der Waals surface area contributed by atoms with Gasteiger partial charge in [0, 0.05) is 26.2 Å². The summed E-state index contributed by atoms with van der Waals surface area (Å²) in [6, 6.07) is 5.36. The van der Waals surface area contributed by atoms with E-state index < -0.39 is 0 Å². The fourth-order valence-electron chi connectivity index (χ4n) is 1.39. The van der Waals surface area contributed by atoms with Gasteiger partial charge >= 0.3 is 0 Å². The molecule has 1 rings (SSSR count). The second-order valence-electron chi connectivity index (χ2n) is 5.28. The van der Waals surface area contributed by atoms with Crippen LogP contribution in [-0.4, -0.2) is 19.6 Å². The second-order valence-corrected chi connectivity index (χ2v) is 5.28. The van der Waals surface area contributed by atoms with E-state index >= 15 is 0 Å². The Kier molecular flexibility index (Phi) is 3.92. The molecule has 0 spiro atoms. The number of halogens is 1. The lowest BCUT2D eigenvalue weighted by atomic mass is 10.1. The lowest BCUT2D eigenvalue weighted by Crippen LogP contribution is -2.35. The first-order chi connectivity index (χ1) is 7.29. The molecule has 0 unspecified atom stereocenters. The first-order valence-corrected chi connectivity index (χ1v) is 5.50. The summed E-state index contributed by atoms with van der Waals surface area (Å²) in [5, 5.41) is 3.33. The van der Waals surface area contributed by atoms with Crippen LogP contribution in [0.4, 0.5) is 10.1 Å². The van der Waals surface area contributed by atoms with Gasteiger partial charge in [-0.25, -0.2) is 4.39 Å². The van der Waals surface area contributed by atoms with Crippen LogP contribution in [0.1, 0.15) is 26.3 Å². The van der Waals surface area contributed by atoms with Gasteiger partial charge in [0.2, 0.25) is 0 Å². The van der Waals surface area contributed by atoms with Gasteiger partial charge in [0.15, 0.2) is 0 Å². The number of anilines is 1. The van der Waals surface area contributed by atoms with Crippen LogP contribution in [0.25, 0.3) is 0 Å². The fraction of sp³-hybridized carbons (Fsp3) is 0.538. The van der Waals surface area contributed by atoms with Crippen LogP contribution >= 0.6 is 0 Å². The molecular formula is C13H21FN2. The standard InChI is InChI=1S/C13H21FN2/c1-13(2,3)15-9-10-6-7-12(16(4)5)11(14)8-10/h6-8,15H,9H2,1-5H3. The van der Waals surface area contributed by atoms with Crippen molar-refractivity contribution in [2.45, 2.75) is 32.9 Å². The van der Waals surface area contributed by atoms with Crippen LogP contribution in [-0.2, 0) is 6.54 Å². The van der Waals surface area contributed by atoms with Crippen LogP contribution in [0.5, 0.6) is 0 Å². The second kappa shape index (κ2) is 4.83. The molecule has 0 saturated heterocycles. The molecule has 90 valence electrons. The van der Waals surface area contributed by atoms with Gasteiger partial charge in [0.05, 0.1) is 5.69 Å². The summed E-state index contributed by atoms with van der Waals surface area (Å²) in [7, 11) is 3.68. The topological polar surface area (TPSA) is 15.3 Å². The molecule has 0 fully saturated rings. The van der Waals surface area contributed by atoms with Gasteiger partial charge in [-0.1, -0.05) is 6.07 Å². The van der Waals surface area contributed by atoms with Crippen molar-refractivity contribution in [3.63, 3.8) is 0 Å². The summed E-state index contributed by atoms with van der Waals surface area (Å²) in [6.45, 7) is 6.97. The van der Waals surface area contributed by atoms with Crippen molar-refractivity contribution >= 4 is 5.69 Å². The lowest BCUT2D eigenvalue weighted by Gasteiger charge is -2.21. The SMILES string of the molecule is CN(C)c1ccc(CNC(C)(C)C)cc1F. The first-order valence-electron chi connectivity index (χ1n) is 5.50. The van der Waals surface area contributed by atoms with Crippen LogP contribution < -0.4 is 10.2 Å². The predicted molar refractivity (Wildman–Crippen MR) is 67.3 cm³/mol. The molecule has 2 nitrogen and oxygen atoms in total. The maximum absolute atomic E-state index is 13.7. The highest BCUT2D eigenvalue weighted by molar-refractivity contribution is 5.47. The highest BCUT2D eigenvalue weighted by Gasteiger charge is 2.10. The fourth-order valence-corrected chi connectivity index (χ4v) is 1.39. The minimum absolute atomic E-state index is 0.0523. The summed E-state index contributed by atoms with van der Waals surface area (Å²) in [6.07, 6.45) is 0. The van der Waals surface area contributed by atoms with Crippen molar-refractivity contribution in [3.8, 4) is 0 Å². The van der Waals surface area contributed by atoms with E-state index in [0.29, 0.717) is 12.2 Å². The Hall–Kier alpha value is -1.09. The molecule has 0 aliphatic rings. The summed E-state index contributed by atoms with van der Waals surface area (Å²) in [5.41, 5.74) is 1.65. The third-order valence-corrected chi connectivity index (χ3v) is 2.32. The zero-order valence-electron chi connectivity index (χ0n) is 10.8. The third-order valence-electron chi connectivity index (χ3n) is 2.32. The molecule has 16 heavy (non-hydrogen) atoms. The summed E-state index contributed by atoms with van der Waals surface area (Å²) < 4.78 is 13.7. The normalized spacial score (nSPS) is 11.6. The number of benzene rings is 1. The molecule has 0 bridgehead atoms. The lowest BCUT2D eigenvalue weighted by molar-refractivity contribution is 0.423. The average Bonchev–Trinajstić information content (AvgIpc) is 2.13. The molecule has 0 aliphatic carbocycles. The Morgan fingerprint density at radius 3 is 2.31 bits per heavy atom. The highest BCUT2D eigenvalue weighted by atomic mass is 19.1. The first kappa shape index (κ1) is 13.0. The van der Waals surface area contributed by atoms with E-state index in [1.807, 2.05) is 26.2 Å². The van der Waals surface area contributed by atoms with Gasteiger partial charge in [0.25, 0.3) is 0 Å². The minimum Gasteiger partial charge on any atom is -0.375 e. The van der Waals surface area contributed by atoms with E-state index in [1.54, 1.807) is 11.0 Å². The van der Waals surface area contributed by atoms with E-state index in [1.165, 1.54) is 0 Å². The number of hydrogen-bond acceptors (Lipinski definition) is 2. The van der Waals surface area contributed by atoms with Gasteiger partial charge in [-0.05, 0) is 38.5 Å².